The summed E-state index contributed by atoms with van der Waals surface area (Å²) in [5.74, 6) is 0. The molecular formula is C13H11BrN2O6. The van der Waals surface area contributed by atoms with Crippen LogP contribution in [-0.4, -0.2) is 16.8 Å². The van der Waals surface area contributed by atoms with Crippen LogP contribution in [0.3, 0.4) is 0 Å². The Bertz CT molecular complexity index is 708. The molecule has 1 unspecified atom stereocenters. The fourth-order valence-electron chi connectivity index (χ4n) is 2.17. The average molecular weight is 371 g/mol. The zero-order valence-corrected chi connectivity index (χ0v) is 12.8. The molecule has 9 heteroatoms. The molecular weight excluding hydrogens is 360 g/mol. The first-order chi connectivity index (χ1) is 10.5. The maximum atomic E-state index is 10.7. The lowest BCUT2D eigenvalue weighted by molar-refractivity contribution is -0.776. The Morgan fingerprint density at radius 2 is 1.73 bits per heavy atom. The molecule has 0 aliphatic carbocycles. The molecule has 22 heavy (non-hydrogen) atoms. The van der Waals surface area contributed by atoms with Crippen LogP contribution in [0.15, 0.2) is 40.9 Å². The predicted molar refractivity (Wildman–Crippen MR) is 80.0 cm³/mol. The summed E-state index contributed by atoms with van der Waals surface area (Å²) in [7, 11) is 0. The second-order valence-electron chi connectivity index (χ2n) is 4.35. The number of rotatable bonds is 7. The van der Waals surface area contributed by atoms with Gasteiger partial charge < -0.3 is 9.68 Å². The summed E-state index contributed by atoms with van der Waals surface area (Å²) < 4.78 is 0.841. The van der Waals surface area contributed by atoms with Crippen LogP contribution in [0.5, 0.6) is 0 Å². The van der Waals surface area contributed by atoms with Gasteiger partial charge in [0.1, 0.15) is 6.10 Å². The number of hydrogen-bond donors (Lipinski definition) is 0. The zero-order valence-electron chi connectivity index (χ0n) is 11.2. The minimum atomic E-state index is -0.951. The molecule has 1 atom stereocenters. The van der Waals surface area contributed by atoms with Crippen molar-refractivity contribution < 1.29 is 19.8 Å². The van der Waals surface area contributed by atoms with Gasteiger partial charge in [-0.05, 0) is 22.4 Å². The van der Waals surface area contributed by atoms with Crippen LogP contribution in [-0.2, 0) is 9.68 Å². The first kappa shape index (κ1) is 16.0. The lowest BCUT2D eigenvalue weighted by Crippen LogP contribution is -2.14. The predicted octanol–water partition coefficient (Wildman–Crippen LogP) is 3.45. The molecule has 2 aromatic rings. The van der Waals surface area contributed by atoms with Crippen molar-refractivity contribution in [1.82, 2.24) is 0 Å². The molecule has 0 radical (unpaired) electrons. The SMILES string of the molecule is O=[N+]([O-])OCCC(O[N+](=O)[O-])c1ccc(Br)c2ccccc12. The Labute approximate surface area is 133 Å². The van der Waals surface area contributed by atoms with E-state index in [0.29, 0.717) is 5.56 Å². The summed E-state index contributed by atoms with van der Waals surface area (Å²) in [6, 6.07) is 10.7. The molecule has 2 rings (SSSR count). The summed E-state index contributed by atoms with van der Waals surface area (Å²) in [5.41, 5.74) is 0.572. The Hall–Kier alpha value is -2.42. The number of nitrogens with zero attached hydrogens (tertiary/aromatic N) is 2. The molecule has 0 bridgehead atoms. The van der Waals surface area contributed by atoms with Crippen molar-refractivity contribution >= 4 is 26.7 Å². The van der Waals surface area contributed by atoms with Gasteiger partial charge in [0.15, 0.2) is 0 Å². The number of halogens is 1. The van der Waals surface area contributed by atoms with Crippen LogP contribution in [0, 0.1) is 20.2 Å². The molecule has 8 nitrogen and oxygen atoms in total. The van der Waals surface area contributed by atoms with Crippen molar-refractivity contribution in [2.45, 2.75) is 12.5 Å². The van der Waals surface area contributed by atoms with Crippen molar-refractivity contribution in [2.75, 3.05) is 6.61 Å². The third-order valence-electron chi connectivity index (χ3n) is 3.04. The molecule has 0 amide bonds. The molecule has 0 aromatic heterocycles. The van der Waals surface area contributed by atoms with Gasteiger partial charge in [-0.2, -0.15) is 0 Å². The van der Waals surface area contributed by atoms with E-state index in [9.17, 15) is 20.2 Å². The highest BCUT2D eigenvalue weighted by molar-refractivity contribution is 9.10. The summed E-state index contributed by atoms with van der Waals surface area (Å²) in [4.78, 5) is 29.8. The molecule has 0 saturated carbocycles. The van der Waals surface area contributed by atoms with Gasteiger partial charge in [0.05, 0.1) is 6.61 Å². The fraction of sp³-hybridized carbons (Fsp3) is 0.231. The minimum Gasteiger partial charge on any atom is -0.314 e. The van der Waals surface area contributed by atoms with Crippen molar-refractivity contribution in [3.63, 3.8) is 0 Å². The van der Waals surface area contributed by atoms with Crippen molar-refractivity contribution in [3.05, 3.63) is 66.7 Å². The van der Waals surface area contributed by atoms with Gasteiger partial charge in [-0.1, -0.05) is 46.3 Å². The highest BCUT2D eigenvalue weighted by atomic mass is 79.9. The Kier molecular flexibility index (Phi) is 5.10. The van der Waals surface area contributed by atoms with E-state index in [4.69, 9.17) is 0 Å². The Morgan fingerprint density at radius 3 is 2.36 bits per heavy atom. The van der Waals surface area contributed by atoms with E-state index in [1.54, 1.807) is 24.3 Å². The second-order valence-corrected chi connectivity index (χ2v) is 5.20. The van der Waals surface area contributed by atoms with Gasteiger partial charge >= 0.3 is 0 Å². The molecule has 0 aliphatic heterocycles. The average Bonchev–Trinajstić information content (AvgIpc) is 2.46. The summed E-state index contributed by atoms with van der Waals surface area (Å²) in [6.45, 7) is -0.296. The summed E-state index contributed by atoms with van der Waals surface area (Å²) >= 11 is 3.41. The first-order valence-corrected chi connectivity index (χ1v) is 7.04. The fourth-order valence-corrected chi connectivity index (χ4v) is 2.65. The third kappa shape index (κ3) is 3.82. The number of hydrogen-bond acceptors (Lipinski definition) is 6. The van der Waals surface area contributed by atoms with Gasteiger partial charge in [0, 0.05) is 10.9 Å². The molecule has 2 aromatic carbocycles. The van der Waals surface area contributed by atoms with Crippen LogP contribution in [0.1, 0.15) is 18.1 Å². The third-order valence-corrected chi connectivity index (χ3v) is 3.73. The van der Waals surface area contributed by atoms with Crippen LogP contribution in [0.2, 0.25) is 0 Å². The van der Waals surface area contributed by atoms with Crippen LogP contribution in [0.25, 0.3) is 10.8 Å². The van der Waals surface area contributed by atoms with E-state index >= 15 is 0 Å². The van der Waals surface area contributed by atoms with E-state index in [2.05, 4.69) is 25.6 Å². The molecule has 0 fully saturated rings. The van der Waals surface area contributed by atoms with Gasteiger partial charge in [-0.15, -0.1) is 20.2 Å². The number of fused-ring (bicyclic) bond motifs is 1. The molecule has 0 saturated heterocycles. The summed E-state index contributed by atoms with van der Waals surface area (Å²) in [6.07, 6.45) is -0.971. The van der Waals surface area contributed by atoms with Gasteiger partial charge in [-0.25, -0.2) is 0 Å². The van der Waals surface area contributed by atoms with Gasteiger partial charge in [0.25, 0.3) is 10.2 Å². The maximum Gasteiger partial charge on any atom is 0.295 e. The standard InChI is InChI=1S/C13H11BrN2O6/c14-12-6-5-11(9-3-1-2-4-10(9)12)13(22-16(19)20)7-8-21-15(17)18/h1-6,13H,7-8H2. The van der Waals surface area contributed by atoms with Crippen LogP contribution < -0.4 is 0 Å². The molecule has 0 aliphatic rings. The van der Waals surface area contributed by atoms with E-state index in [0.717, 1.165) is 15.2 Å². The lowest BCUT2D eigenvalue weighted by Gasteiger charge is -2.17. The Balaban J connectivity index is 2.36. The largest absolute Gasteiger partial charge is 0.314 e. The molecule has 0 spiro atoms. The van der Waals surface area contributed by atoms with Crippen LogP contribution in [0.4, 0.5) is 0 Å². The topological polar surface area (TPSA) is 105 Å². The second kappa shape index (κ2) is 7.03. The molecule has 0 heterocycles. The van der Waals surface area contributed by atoms with Crippen molar-refractivity contribution in [2.24, 2.45) is 0 Å². The normalized spacial score (nSPS) is 11.9. The minimum absolute atomic E-state index is 0.0203. The summed E-state index contributed by atoms with van der Waals surface area (Å²) in [5, 5.41) is 20.7. The Morgan fingerprint density at radius 1 is 1.05 bits per heavy atom. The van der Waals surface area contributed by atoms with Crippen LogP contribution >= 0.6 is 15.9 Å². The molecule has 116 valence electrons. The first-order valence-electron chi connectivity index (χ1n) is 6.24. The maximum absolute atomic E-state index is 10.7. The van der Waals surface area contributed by atoms with Crippen molar-refractivity contribution in [3.8, 4) is 0 Å². The van der Waals surface area contributed by atoms with E-state index in [-0.39, 0.29) is 13.0 Å². The smallest absolute Gasteiger partial charge is 0.295 e. The van der Waals surface area contributed by atoms with Gasteiger partial charge in [0.2, 0.25) is 0 Å². The lowest BCUT2D eigenvalue weighted by atomic mass is 9.99. The quantitative estimate of drug-likeness (QED) is 0.545. The molecule has 0 N–H and O–H groups in total. The van der Waals surface area contributed by atoms with Crippen molar-refractivity contribution in [1.29, 1.82) is 0 Å². The zero-order chi connectivity index (χ0) is 16.1. The van der Waals surface area contributed by atoms with E-state index in [1.807, 2.05) is 12.1 Å². The highest BCUT2D eigenvalue weighted by Crippen LogP contribution is 2.33. The monoisotopic (exact) mass is 370 g/mol. The number of benzene rings is 2. The van der Waals surface area contributed by atoms with Gasteiger partial charge in [-0.3, -0.25) is 0 Å². The highest BCUT2D eigenvalue weighted by Gasteiger charge is 2.19. The van der Waals surface area contributed by atoms with E-state index in [1.165, 1.54) is 0 Å². The van der Waals surface area contributed by atoms with E-state index < -0.39 is 16.3 Å².